The van der Waals surface area contributed by atoms with Gasteiger partial charge in [0.15, 0.2) is 0 Å². The molecule has 0 aliphatic rings. The molecule has 0 heterocycles. The van der Waals surface area contributed by atoms with Gasteiger partial charge in [-0.3, -0.25) is 4.79 Å². The van der Waals surface area contributed by atoms with Crippen molar-refractivity contribution in [3.8, 4) is 0 Å². The van der Waals surface area contributed by atoms with E-state index in [0.29, 0.717) is 0 Å². The molecule has 1 aromatic carbocycles. The van der Waals surface area contributed by atoms with Gasteiger partial charge in [0.25, 0.3) is 0 Å². The highest BCUT2D eigenvalue weighted by Crippen LogP contribution is 2.30. The fraction of sp³-hybridized carbons (Fsp3) is 0.417. The van der Waals surface area contributed by atoms with Crippen LogP contribution in [0.25, 0.3) is 0 Å². The molecule has 2 nitrogen and oxygen atoms in total. The lowest BCUT2D eigenvalue weighted by molar-refractivity contribution is -0.148. The van der Waals surface area contributed by atoms with Crippen LogP contribution in [0.5, 0.6) is 0 Å². The molecule has 0 atom stereocenters. The van der Waals surface area contributed by atoms with Crippen LogP contribution in [-0.4, -0.2) is 12.6 Å². The summed E-state index contributed by atoms with van der Waals surface area (Å²) < 4.78 is 18.7. The summed E-state index contributed by atoms with van der Waals surface area (Å²) >= 11 is 5.67. The zero-order chi connectivity index (χ0) is 12.3. The first kappa shape index (κ1) is 13.0. The molecule has 0 radical (unpaired) electrons. The lowest BCUT2D eigenvalue weighted by Gasteiger charge is -2.23. The van der Waals surface area contributed by atoms with Gasteiger partial charge in [-0.15, -0.1) is 0 Å². The molecule has 0 aliphatic heterocycles. The van der Waals surface area contributed by atoms with E-state index in [1.165, 1.54) is 12.1 Å². The highest BCUT2D eigenvalue weighted by molar-refractivity contribution is 6.30. The van der Waals surface area contributed by atoms with Crippen LogP contribution in [0, 0.1) is 5.82 Å². The molecule has 0 bridgehead atoms. The summed E-state index contributed by atoms with van der Waals surface area (Å²) in [5, 5.41) is 0.00914. The SMILES string of the molecule is CCOC(=O)C(C)(C)c1cccc(Cl)c1F. The van der Waals surface area contributed by atoms with E-state index >= 15 is 0 Å². The molecule has 0 spiro atoms. The molecule has 0 N–H and O–H groups in total. The Morgan fingerprint density at radius 3 is 2.69 bits per heavy atom. The van der Waals surface area contributed by atoms with Gasteiger partial charge in [0.1, 0.15) is 5.82 Å². The van der Waals surface area contributed by atoms with Crippen LogP contribution in [0.2, 0.25) is 5.02 Å². The molecule has 1 rings (SSSR count). The summed E-state index contributed by atoms with van der Waals surface area (Å²) in [6.45, 7) is 5.20. The standard InChI is InChI=1S/C12H14ClFO2/c1-4-16-11(15)12(2,3)8-6-5-7-9(13)10(8)14/h5-7H,4H2,1-3H3. The summed E-state index contributed by atoms with van der Waals surface area (Å²) in [6.07, 6.45) is 0. The van der Waals surface area contributed by atoms with E-state index in [1.54, 1.807) is 26.8 Å². The number of halogens is 2. The highest BCUT2D eigenvalue weighted by atomic mass is 35.5. The summed E-state index contributed by atoms with van der Waals surface area (Å²) in [5.74, 6) is -1.03. The van der Waals surface area contributed by atoms with E-state index in [4.69, 9.17) is 16.3 Å². The van der Waals surface area contributed by atoms with Gasteiger partial charge in [-0.2, -0.15) is 0 Å². The molecule has 0 unspecified atom stereocenters. The summed E-state index contributed by atoms with van der Waals surface area (Å²) in [7, 11) is 0. The van der Waals surface area contributed by atoms with E-state index in [-0.39, 0.29) is 17.2 Å². The largest absolute Gasteiger partial charge is 0.465 e. The second kappa shape index (κ2) is 4.83. The van der Waals surface area contributed by atoms with Crippen molar-refractivity contribution in [1.82, 2.24) is 0 Å². The molecular weight excluding hydrogens is 231 g/mol. The molecule has 1 aromatic rings. The van der Waals surface area contributed by atoms with Gasteiger partial charge in [0.2, 0.25) is 0 Å². The minimum absolute atomic E-state index is 0.00914. The maximum absolute atomic E-state index is 13.8. The molecule has 0 saturated heterocycles. The highest BCUT2D eigenvalue weighted by Gasteiger charge is 2.34. The van der Waals surface area contributed by atoms with Crippen molar-refractivity contribution < 1.29 is 13.9 Å². The molecule has 88 valence electrons. The number of rotatable bonds is 3. The molecule has 0 aliphatic carbocycles. The van der Waals surface area contributed by atoms with Gasteiger partial charge in [0.05, 0.1) is 17.0 Å². The minimum Gasteiger partial charge on any atom is -0.465 e. The molecule has 0 amide bonds. The van der Waals surface area contributed by atoms with Gasteiger partial charge in [-0.05, 0) is 26.8 Å². The third-order valence-corrected chi connectivity index (χ3v) is 2.70. The lowest BCUT2D eigenvalue weighted by atomic mass is 9.84. The second-order valence-electron chi connectivity index (χ2n) is 3.95. The molecule has 0 fully saturated rings. The van der Waals surface area contributed by atoms with Crippen LogP contribution in [0.15, 0.2) is 18.2 Å². The van der Waals surface area contributed by atoms with Gasteiger partial charge in [-0.25, -0.2) is 4.39 Å². The lowest BCUT2D eigenvalue weighted by Crippen LogP contribution is -2.32. The van der Waals surface area contributed by atoms with E-state index in [9.17, 15) is 9.18 Å². The first-order chi connectivity index (χ1) is 7.41. The first-order valence-corrected chi connectivity index (χ1v) is 5.40. The van der Waals surface area contributed by atoms with Gasteiger partial charge in [-0.1, -0.05) is 23.7 Å². The predicted molar refractivity (Wildman–Crippen MR) is 61.1 cm³/mol. The smallest absolute Gasteiger partial charge is 0.316 e. The number of benzene rings is 1. The fourth-order valence-electron chi connectivity index (χ4n) is 1.41. The van der Waals surface area contributed by atoms with E-state index in [0.717, 1.165) is 0 Å². The van der Waals surface area contributed by atoms with Crippen molar-refractivity contribution in [2.24, 2.45) is 0 Å². The van der Waals surface area contributed by atoms with Crippen LogP contribution < -0.4 is 0 Å². The average molecular weight is 245 g/mol. The second-order valence-corrected chi connectivity index (χ2v) is 4.35. The summed E-state index contributed by atoms with van der Waals surface area (Å²) in [5.41, 5.74) is -0.788. The zero-order valence-electron chi connectivity index (χ0n) is 9.51. The number of carbonyl (C=O) groups excluding carboxylic acids is 1. The van der Waals surface area contributed by atoms with Gasteiger partial charge >= 0.3 is 5.97 Å². The summed E-state index contributed by atoms with van der Waals surface area (Å²) in [6, 6.07) is 4.60. The van der Waals surface area contributed by atoms with Crippen molar-refractivity contribution in [3.63, 3.8) is 0 Å². The summed E-state index contributed by atoms with van der Waals surface area (Å²) in [4.78, 5) is 11.7. The van der Waals surface area contributed by atoms with Crippen molar-refractivity contribution in [1.29, 1.82) is 0 Å². The van der Waals surface area contributed by atoms with E-state index < -0.39 is 17.2 Å². The maximum Gasteiger partial charge on any atom is 0.316 e. The topological polar surface area (TPSA) is 26.3 Å². The average Bonchev–Trinajstić information content (AvgIpc) is 2.22. The number of ether oxygens (including phenoxy) is 1. The molecule has 16 heavy (non-hydrogen) atoms. The third kappa shape index (κ3) is 2.35. The minimum atomic E-state index is -1.04. The Morgan fingerprint density at radius 2 is 2.12 bits per heavy atom. The zero-order valence-corrected chi connectivity index (χ0v) is 10.3. The van der Waals surface area contributed by atoms with Crippen LogP contribution >= 0.6 is 11.6 Å². The molecule has 4 heteroatoms. The number of carbonyl (C=O) groups is 1. The van der Waals surface area contributed by atoms with E-state index in [1.807, 2.05) is 0 Å². The molecular formula is C12H14ClFO2. The first-order valence-electron chi connectivity index (χ1n) is 5.03. The molecule has 0 saturated carbocycles. The predicted octanol–water partition coefficient (Wildman–Crippen LogP) is 3.32. The Morgan fingerprint density at radius 1 is 1.50 bits per heavy atom. The maximum atomic E-state index is 13.8. The van der Waals surface area contributed by atoms with Crippen molar-refractivity contribution in [3.05, 3.63) is 34.6 Å². The molecule has 0 aromatic heterocycles. The number of esters is 1. The van der Waals surface area contributed by atoms with E-state index in [2.05, 4.69) is 0 Å². The Kier molecular flexibility index (Phi) is 3.92. The number of hydrogen-bond donors (Lipinski definition) is 0. The van der Waals surface area contributed by atoms with Crippen LogP contribution in [0.4, 0.5) is 4.39 Å². The fourth-order valence-corrected chi connectivity index (χ4v) is 1.58. The van der Waals surface area contributed by atoms with Crippen molar-refractivity contribution in [2.75, 3.05) is 6.61 Å². The Labute approximate surface area is 99.4 Å². The van der Waals surface area contributed by atoms with Crippen LogP contribution in [-0.2, 0) is 14.9 Å². The van der Waals surface area contributed by atoms with Gasteiger partial charge < -0.3 is 4.74 Å². The normalized spacial score (nSPS) is 11.3. The quantitative estimate of drug-likeness (QED) is 0.763. The Hall–Kier alpha value is -1.09. The van der Waals surface area contributed by atoms with Crippen molar-refractivity contribution in [2.45, 2.75) is 26.2 Å². The monoisotopic (exact) mass is 244 g/mol. The Bertz CT molecular complexity index is 402. The van der Waals surface area contributed by atoms with Crippen molar-refractivity contribution >= 4 is 17.6 Å². The number of hydrogen-bond acceptors (Lipinski definition) is 2. The third-order valence-electron chi connectivity index (χ3n) is 2.41. The van der Waals surface area contributed by atoms with Crippen LogP contribution in [0.1, 0.15) is 26.3 Å². The van der Waals surface area contributed by atoms with Crippen LogP contribution in [0.3, 0.4) is 0 Å². The van der Waals surface area contributed by atoms with Gasteiger partial charge in [0, 0.05) is 5.56 Å². The Balaban J connectivity index is 3.16.